The van der Waals surface area contributed by atoms with E-state index in [1.807, 2.05) is 36.9 Å². The Bertz CT molecular complexity index is 563. The van der Waals surface area contributed by atoms with Crippen molar-refractivity contribution in [2.45, 2.75) is 33.4 Å². The Morgan fingerprint density at radius 3 is 2.74 bits per heavy atom. The number of halogens is 1. The topological polar surface area (TPSA) is 42.7 Å². The van der Waals surface area contributed by atoms with Gasteiger partial charge in [0, 0.05) is 25.8 Å². The van der Waals surface area contributed by atoms with Gasteiger partial charge in [-0.25, -0.2) is 0 Å². The van der Waals surface area contributed by atoms with E-state index in [2.05, 4.69) is 38.3 Å². The summed E-state index contributed by atoms with van der Waals surface area (Å²) in [5.74, 6) is 0. The average Bonchev–Trinajstić information content (AvgIpc) is 2.66. The van der Waals surface area contributed by atoms with Crippen molar-refractivity contribution in [2.24, 2.45) is 7.05 Å². The van der Waals surface area contributed by atoms with E-state index in [0.29, 0.717) is 0 Å². The van der Waals surface area contributed by atoms with Crippen LogP contribution in [0.3, 0.4) is 0 Å². The van der Waals surface area contributed by atoms with Crippen molar-refractivity contribution in [3.8, 4) is 0 Å². The zero-order chi connectivity index (χ0) is 13.8. The molecule has 0 saturated heterocycles. The van der Waals surface area contributed by atoms with Crippen molar-refractivity contribution in [3.05, 3.63) is 45.4 Å². The zero-order valence-corrected chi connectivity index (χ0v) is 13.2. The van der Waals surface area contributed by atoms with Gasteiger partial charge in [0.15, 0.2) is 0 Å². The smallest absolute Gasteiger partial charge is 0.0767 e. The molecule has 2 aromatic heterocycles. The first-order chi connectivity index (χ1) is 9.11. The van der Waals surface area contributed by atoms with Gasteiger partial charge in [-0.3, -0.25) is 9.67 Å². The van der Waals surface area contributed by atoms with Gasteiger partial charge in [0.2, 0.25) is 0 Å². The summed E-state index contributed by atoms with van der Waals surface area (Å²) in [6, 6.07) is 6.08. The van der Waals surface area contributed by atoms with Crippen molar-refractivity contribution in [2.75, 3.05) is 0 Å². The van der Waals surface area contributed by atoms with E-state index in [-0.39, 0.29) is 0 Å². The minimum atomic E-state index is 0.765. The summed E-state index contributed by atoms with van der Waals surface area (Å²) in [5.41, 5.74) is 4.39. The highest BCUT2D eigenvalue weighted by atomic mass is 79.9. The zero-order valence-electron chi connectivity index (χ0n) is 11.6. The van der Waals surface area contributed by atoms with Crippen LogP contribution in [-0.4, -0.2) is 14.8 Å². The highest BCUT2D eigenvalue weighted by molar-refractivity contribution is 9.10. The third-order valence-corrected chi connectivity index (χ3v) is 3.96. The quantitative estimate of drug-likeness (QED) is 0.920. The third-order valence-electron chi connectivity index (χ3n) is 3.05. The highest BCUT2D eigenvalue weighted by Gasteiger charge is 2.11. The Labute approximate surface area is 122 Å². The van der Waals surface area contributed by atoms with Crippen molar-refractivity contribution >= 4 is 15.9 Å². The Morgan fingerprint density at radius 2 is 2.11 bits per heavy atom. The molecule has 0 bridgehead atoms. The lowest BCUT2D eigenvalue weighted by molar-refractivity contribution is 0.615. The van der Waals surface area contributed by atoms with Gasteiger partial charge in [-0.15, -0.1) is 0 Å². The second-order valence-corrected chi connectivity index (χ2v) is 5.35. The number of hydrogen-bond acceptors (Lipinski definition) is 3. The minimum Gasteiger partial charge on any atom is -0.305 e. The monoisotopic (exact) mass is 322 g/mol. The van der Waals surface area contributed by atoms with Crippen LogP contribution in [0.1, 0.15) is 29.7 Å². The molecule has 0 atom stereocenters. The molecule has 0 fully saturated rings. The molecule has 2 aromatic rings. The number of aromatic nitrogens is 3. The molecule has 0 unspecified atom stereocenters. The molecule has 0 saturated carbocycles. The Kier molecular flexibility index (Phi) is 4.71. The highest BCUT2D eigenvalue weighted by Crippen LogP contribution is 2.21. The van der Waals surface area contributed by atoms with Crippen LogP contribution in [0.5, 0.6) is 0 Å². The first-order valence-electron chi connectivity index (χ1n) is 6.45. The maximum absolute atomic E-state index is 4.48. The van der Waals surface area contributed by atoms with Gasteiger partial charge >= 0.3 is 0 Å². The lowest BCUT2D eigenvalue weighted by Gasteiger charge is -2.06. The molecule has 0 aliphatic rings. The molecule has 2 heterocycles. The minimum absolute atomic E-state index is 0.765. The first-order valence-corrected chi connectivity index (χ1v) is 7.24. The summed E-state index contributed by atoms with van der Waals surface area (Å²) < 4.78 is 3.04. The molecule has 4 nitrogen and oxygen atoms in total. The first kappa shape index (κ1) is 14.2. The van der Waals surface area contributed by atoms with E-state index in [4.69, 9.17) is 0 Å². The maximum atomic E-state index is 4.48. The van der Waals surface area contributed by atoms with Gasteiger partial charge in [-0.05, 0) is 41.4 Å². The van der Waals surface area contributed by atoms with Crippen LogP contribution < -0.4 is 5.32 Å². The molecular weight excluding hydrogens is 304 g/mol. The van der Waals surface area contributed by atoms with Gasteiger partial charge < -0.3 is 5.32 Å². The number of nitrogens with one attached hydrogen (secondary N) is 1. The van der Waals surface area contributed by atoms with E-state index in [0.717, 1.165) is 41.1 Å². The molecule has 1 N–H and O–H groups in total. The third kappa shape index (κ3) is 3.42. The predicted molar refractivity (Wildman–Crippen MR) is 79.8 cm³/mol. The van der Waals surface area contributed by atoms with E-state index < -0.39 is 0 Å². The largest absolute Gasteiger partial charge is 0.305 e. The lowest BCUT2D eigenvalue weighted by atomic mass is 10.3. The lowest BCUT2D eigenvalue weighted by Crippen LogP contribution is -2.16. The summed E-state index contributed by atoms with van der Waals surface area (Å²) in [5, 5.41) is 7.89. The Balaban J connectivity index is 1.98. The van der Waals surface area contributed by atoms with Crippen LogP contribution in [0.15, 0.2) is 22.7 Å². The fraction of sp³-hybridized carbons (Fsp3) is 0.429. The molecule has 0 spiro atoms. The van der Waals surface area contributed by atoms with Crippen molar-refractivity contribution in [1.82, 2.24) is 20.1 Å². The number of hydrogen-bond donors (Lipinski definition) is 1. The fourth-order valence-electron chi connectivity index (χ4n) is 2.02. The predicted octanol–water partition coefficient (Wildman–Crippen LogP) is 2.74. The molecule has 2 rings (SSSR count). The van der Waals surface area contributed by atoms with E-state index in [1.54, 1.807) is 0 Å². The molecule has 102 valence electrons. The Hall–Kier alpha value is -1.20. The molecule has 5 heteroatoms. The SMILES string of the molecule is CCc1nn(C)c(CNCc2cccc(C)n2)c1Br. The molecular formula is C14H19BrN4. The van der Waals surface area contributed by atoms with Crippen LogP contribution in [0.25, 0.3) is 0 Å². The van der Waals surface area contributed by atoms with Crippen LogP contribution in [-0.2, 0) is 26.6 Å². The van der Waals surface area contributed by atoms with Gasteiger partial charge in [0.1, 0.15) is 0 Å². The number of nitrogens with zero attached hydrogens (tertiary/aromatic N) is 3. The molecule has 0 radical (unpaired) electrons. The fourth-order valence-corrected chi connectivity index (χ4v) is 2.78. The van der Waals surface area contributed by atoms with Crippen LogP contribution in [0.2, 0.25) is 0 Å². The van der Waals surface area contributed by atoms with Crippen molar-refractivity contribution in [3.63, 3.8) is 0 Å². The van der Waals surface area contributed by atoms with Crippen LogP contribution >= 0.6 is 15.9 Å². The summed E-state index contributed by atoms with van der Waals surface area (Å²) >= 11 is 3.62. The van der Waals surface area contributed by atoms with Gasteiger partial charge in [-0.1, -0.05) is 13.0 Å². The molecule has 19 heavy (non-hydrogen) atoms. The molecule has 0 aliphatic heterocycles. The van der Waals surface area contributed by atoms with Gasteiger partial charge in [0.25, 0.3) is 0 Å². The van der Waals surface area contributed by atoms with Crippen LogP contribution in [0, 0.1) is 6.92 Å². The summed E-state index contributed by atoms with van der Waals surface area (Å²) in [6.45, 7) is 5.66. The summed E-state index contributed by atoms with van der Waals surface area (Å²) in [4.78, 5) is 4.47. The van der Waals surface area contributed by atoms with Crippen molar-refractivity contribution in [1.29, 1.82) is 0 Å². The Morgan fingerprint density at radius 1 is 1.32 bits per heavy atom. The van der Waals surface area contributed by atoms with Crippen LogP contribution in [0.4, 0.5) is 0 Å². The second kappa shape index (κ2) is 6.30. The normalized spacial score (nSPS) is 10.9. The molecule has 0 aromatic carbocycles. The summed E-state index contributed by atoms with van der Waals surface area (Å²) in [6.07, 6.45) is 0.938. The molecule has 0 amide bonds. The summed E-state index contributed by atoms with van der Waals surface area (Å²) in [7, 11) is 1.98. The second-order valence-electron chi connectivity index (χ2n) is 4.56. The molecule has 0 aliphatic carbocycles. The van der Waals surface area contributed by atoms with Gasteiger partial charge in [0.05, 0.1) is 21.6 Å². The van der Waals surface area contributed by atoms with E-state index in [9.17, 15) is 0 Å². The average molecular weight is 323 g/mol. The maximum Gasteiger partial charge on any atom is 0.0767 e. The van der Waals surface area contributed by atoms with E-state index in [1.165, 1.54) is 5.69 Å². The van der Waals surface area contributed by atoms with E-state index >= 15 is 0 Å². The van der Waals surface area contributed by atoms with Gasteiger partial charge in [-0.2, -0.15) is 5.10 Å². The number of pyridine rings is 1. The number of aryl methyl sites for hydroxylation is 3. The standard InChI is InChI=1S/C14H19BrN4/c1-4-12-14(15)13(19(3)18-12)9-16-8-11-7-5-6-10(2)17-11/h5-7,16H,4,8-9H2,1-3H3. The number of rotatable bonds is 5. The van der Waals surface area contributed by atoms with Crippen molar-refractivity contribution < 1.29 is 0 Å².